The summed E-state index contributed by atoms with van der Waals surface area (Å²) in [5.41, 5.74) is 5.55. The number of halogens is 1. The lowest BCUT2D eigenvalue weighted by atomic mass is 10.3. The number of hydrogen-bond acceptors (Lipinski definition) is 5. The van der Waals surface area contributed by atoms with Crippen LogP contribution >= 0.6 is 22.9 Å². The highest BCUT2D eigenvalue weighted by molar-refractivity contribution is 7.14. The predicted octanol–water partition coefficient (Wildman–Crippen LogP) is 0.960. The number of morpholine rings is 1. The second-order valence-electron chi connectivity index (χ2n) is 3.13. The van der Waals surface area contributed by atoms with E-state index < -0.39 is 0 Å². The monoisotopic (exact) mass is 233 g/mol. The molecule has 1 atom stereocenters. The summed E-state index contributed by atoms with van der Waals surface area (Å²) in [4.78, 5) is 6.38. The van der Waals surface area contributed by atoms with Gasteiger partial charge in [-0.15, -0.1) is 11.3 Å². The van der Waals surface area contributed by atoms with Gasteiger partial charge in [-0.1, -0.05) is 11.6 Å². The molecule has 0 aliphatic carbocycles. The highest BCUT2D eigenvalue weighted by Gasteiger charge is 2.21. The molecule has 2 N–H and O–H groups in total. The van der Waals surface area contributed by atoms with Crippen LogP contribution in [0, 0.1) is 0 Å². The molecule has 1 saturated heterocycles. The Morgan fingerprint density at radius 3 is 3.29 bits per heavy atom. The van der Waals surface area contributed by atoms with Crippen molar-refractivity contribution < 1.29 is 4.74 Å². The molecule has 2 rings (SSSR count). The van der Waals surface area contributed by atoms with Gasteiger partial charge in [-0.05, 0) is 0 Å². The van der Waals surface area contributed by atoms with Crippen LogP contribution in [0.15, 0.2) is 5.38 Å². The number of nitrogens with two attached hydrogens (primary N) is 1. The molecule has 1 fully saturated rings. The zero-order chi connectivity index (χ0) is 9.97. The first kappa shape index (κ1) is 10.2. The van der Waals surface area contributed by atoms with Gasteiger partial charge in [-0.3, -0.25) is 0 Å². The van der Waals surface area contributed by atoms with Crippen molar-refractivity contribution in [2.45, 2.75) is 6.10 Å². The van der Waals surface area contributed by atoms with Crippen LogP contribution in [0.1, 0.15) is 0 Å². The fraction of sp³-hybridized carbons (Fsp3) is 0.625. The highest BCUT2D eigenvalue weighted by atomic mass is 35.5. The summed E-state index contributed by atoms with van der Waals surface area (Å²) >= 11 is 7.32. The molecule has 0 saturated carbocycles. The highest BCUT2D eigenvalue weighted by Crippen LogP contribution is 2.24. The summed E-state index contributed by atoms with van der Waals surface area (Å²) in [6.07, 6.45) is 0.117. The fourth-order valence-corrected chi connectivity index (χ4v) is 2.41. The summed E-state index contributed by atoms with van der Waals surface area (Å²) in [6, 6.07) is 0. The first-order valence-corrected chi connectivity index (χ1v) is 5.73. The fourth-order valence-electron chi connectivity index (χ4n) is 1.43. The molecule has 1 aromatic rings. The van der Waals surface area contributed by atoms with E-state index in [0.29, 0.717) is 18.3 Å². The van der Waals surface area contributed by atoms with E-state index in [1.54, 1.807) is 11.3 Å². The topological polar surface area (TPSA) is 51.4 Å². The zero-order valence-electron chi connectivity index (χ0n) is 7.65. The third kappa shape index (κ3) is 2.17. The largest absolute Gasteiger partial charge is 0.373 e. The molecular weight excluding hydrogens is 222 g/mol. The Kier molecular flexibility index (Phi) is 3.22. The molecule has 1 aliphatic heterocycles. The molecule has 0 amide bonds. The molecule has 14 heavy (non-hydrogen) atoms. The number of thiazole rings is 1. The SMILES string of the molecule is NCC1CN(c2nc(Cl)cs2)CCO1. The van der Waals surface area contributed by atoms with E-state index in [-0.39, 0.29) is 6.10 Å². The minimum absolute atomic E-state index is 0.117. The normalized spacial score (nSPS) is 22.7. The van der Waals surface area contributed by atoms with Crippen molar-refractivity contribution in [1.82, 2.24) is 4.98 Å². The van der Waals surface area contributed by atoms with Gasteiger partial charge in [0, 0.05) is 25.0 Å². The molecule has 0 bridgehead atoms. The second kappa shape index (κ2) is 4.44. The Bertz CT molecular complexity index is 307. The van der Waals surface area contributed by atoms with Crippen molar-refractivity contribution in [2.24, 2.45) is 5.73 Å². The summed E-state index contributed by atoms with van der Waals surface area (Å²) in [5, 5.41) is 3.35. The Labute approximate surface area is 91.6 Å². The second-order valence-corrected chi connectivity index (χ2v) is 4.35. The van der Waals surface area contributed by atoms with Gasteiger partial charge in [0.25, 0.3) is 0 Å². The van der Waals surface area contributed by atoms with Crippen molar-refractivity contribution in [3.63, 3.8) is 0 Å². The zero-order valence-corrected chi connectivity index (χ0v) is 9.22. The minimum atomic E-state index is 0.117. The van der Waals surface area contributed by atoms with Gasteiger partial charge >= 0.3 is 0 Å². The van der Waals surface area contributed by atoms with Crippen molar-refractivity contribution >= 4 is 28.1 Å². The Morgan fingerprint density at radius 2 is 2.64 bits per heavy atom. The average molecular weight is 234 g/mol. The maximum Gasteiger partial charge on any atom is 0.186 e. The van der Waals surface area contributed by atoms with E-state index in [2.05, 4.69) is 9.88 Å². The van der Waals surface area contributed by atoms with Crippen LogP contribution in [0.3, 0.4) is 0 Å². The van der Waals surface area contributed by atoms with Gasteiger partial charge < -0.3 is 15.4 Å². The van der Waals surface area contributed by atoms with Crippen LogP contribution in [0.4, 0.5) is 5.13 Å². The molecule has 0 radical (unpaired) electrons. The van der Waals surface area contributed by atoms with Crippen LogP contribution in [0.5, 0.6) is 0 Å². The Hall–Kier alpha value is -0.360. The minimum Gasteiger partial charge on any atom is -0.373 e. The summed E-state index contributed by atoms with van der Waals surface area (Å²) in [6.45, 7) is 2.93. The van der Waals surface area contributed by atoms with Gasteiger partial charge in [-0.25, -0.2) is 4.98 Å². The smallest absolute Gasteiger partial charge is 0.186 e. The van der Waals surface area contributed by atoms with Crippen LogP contribution in [-0.4, -0.2) is 37.3 Å². The van der Waals surface area contributed by atoms with Crippen molar-refractivity contribution in [2.75, 3.05) is 31.1 Å². The summed E-state index contributed by atoms with van der Waals surface area (Å²) in [5.74, 6) is 0. The standard InChI is InChI=1S/C8H12ClN3OS/c9-7-5-14-8(11-7)12-1-2-13-6(3-10)4-12/h5-6H,1-4,10H2. The number of hydrogen-bond donors (Lipinski definition) is 1. The Balaban J connectivity index is 2.04. The molecule has 78 valence electrons. The molecule has 4 nitrogen and oxygen atoms in total. The van der Waals surface area contributed by atoms with E-state index in [1.165, 1.54) is 0 Å². The van der Waals surface area contributed by atoms with E-state index in [9.17, 15) is 0 Å². The average Bonchev–Trinajstić information content (AvgIpc) is 2.65. The predicted molar refractivity (Wildman–Crippen MR) is 58.1 cm³/mol. The molecule has 1 aromatic heterocycles. The first-order chi connectivity index (χ1) is 6.79. The lowest BCUT2D eigenvalue weighted by Crippen LogP contribution is -2.45. The summed E-state index contributed by atoms with van der Waals surface area (Å²) in [7, 11) is 0. The lowest BCUT2D eigenvalue weighted by Gasteiger charge is -2.31. The lowest BCUT2D eigenvalue weighted by molar-refractivity contribution is 0.0465. The third-order valence-electron chi connectivity index (χ3n) is 2.14. The molecule has 1 unspecified atom stereocenters. The van der Waals surface area contributed by atoms with Crippen LogP contribution in [-0.2, 0) is 4.74 Å². The van der Waals surface area contributed by atoms with E-state index in [4.69, 9.17) is 22.1 Å². The van der Waals surface area contributed by atoms with E-state index >= 15 is 0 Å². The van der Waals surface area contributed by atoms with Gasteiger partial charge in [0.2, 0.25) is 0 Å². The molecule has 1 aliphatic rings. The maximum absolute atomic E-state index is 5.77. The molecule has 2 heterocycles. The molecular formula is C8H12ClN3OS. The maximum atomic E-state index is 5.77. The van der Waals surface area contributed by atoms with Gasteiger partial charge in [0.1, 0.15) is 5.15 Å². The molecule has 6 heteroatoms. The number of nitrogens with zero attached hydrogens (tertiary/aromatic N) is 2. The third-order valence-corrected chi connectivity index (χ3v) is 3.36. The number of aromatic nitrogens is 1. The van der Waals surface area contributed by atoms with Crippen LogP contribution in [0.2, 0.25) is 5.15 Å². The Morgan fingerprint density at radius 1 is 1.79 bits per heavy atom. The van der Waals surface area contributed by atoms with Gasteiger partial charge in [0.05, 0.1) is 12.7 Å². The van der Waals surface area contributed by atoms with E-state index in [0.717, 1.165) is 18.2 Å². The van der Waals surface area contributed by atoms with Gasteiger partial charge in [0.15, 0.2) is 5.13 Å². The van der Waals surface area contributed by atoms with Crippen molar-refractivity contribution in [3.8, 4) is 0 Å². The molecule has 0 spiro atoms. The quantitative estimate of drug-likeness (QED) is 0.827. The molecule has 0 aromatic carbocycles. The number of rotatable bonds is 2. The van der Waals surface area contributed by atoms with Gasteiger partial charge in [-0.2, -0.15) is 0 Å². The summed E-state index contributed by atoms with van der Waals surface area (Å²) < 4.78 is 5.46. The van der Waals surface area contributed by atoms with Crippen LogP contribution in [0.25, 0.3) is 0 Å². The van der Waals surface area contributed by atoms with Crippen LogP contribution < -0.4 is 10.6 Å². The van der Waals surface area contributed by atoms with E-state index in [1.807, 2.05) is 5.38 Å². The number of ether oxygens (including phenoxy) is 1. The number of anilines is 1. The van der Waals surface area contributed by atoms with Crippen molar-refractivity contribution in [3.05, 3.63) is 10.5 Å². The first-order valence-electron chi connectivity index (χ1n) is 4.47. The van der Waals surface area contributed by atoms with Crippen molar-refractivity contribution in [1.29, 1.82) is 0 Å².